The van der Waals surface area contributed by atoms with Gasteiger partial charge in [-0.25, -0.2) is 4.79 Å². The van der Waals surface area contributed by atoms with E-state index in [1.165, 1.54) is 0 Å². The number of allylic oxidation sites excluding steroid dienone is 3. The smallest absolute Gasteiger partial charge is 0.336 e. The number of carbonyl (C=O) groups excluding carboxylic acids is 2. The van der Waals surface area contributed by atoms with E-state index in [4.69, 9.17) is 14.2 Å². The van der Waals surface area contributed by atoms with Crippen molar-refractivity contribution >= 4 is 23.5 Å². The molecule has 7 heteroatoms. The first kappa shape index (κ1) is 25.9. The van der Waals surface area contributed by atoms with Crippen molar-refractivity contribution in [2.75, 3.05) is 32.3 Å². The third-order valence-corrected chi connectivity index (χ3v) is 7.59. The molecule has 0 amide bonds. The van der Waals surface area contributed by atoms with E-state index in [0.717, 1.165) is 28.3 Å². The summed E-state index contributed by atoms with van der Waals surface area (Å²) in [4.78, 5) is 27.1. The molecule has 0 fully saturated rings. The molecule has 2 aromatic rings. The Morgan fingerprint density at radius 1 is 1.03 bits per heavy atom. The Kier molecular flexibility index (Phi) is 8.41. The molecule has 2 aromatic carbocycles. The fraction of sp³-hybridized carbons (Fsp3) is 0.379. The lowest BCUT2D eigenvalue weighted by atomic mass is 9.71. The van der Waals surface area contributed by atoms with Crippen molar-refractivity contribution in [1.29, 1.82) is 0 Å². The molecule has 0 bridgehead atoms. The first-order valence-corrected chi connectivity index (χ1v) is 13.4. The number of carbonyl (C=O) groups is 2. The molecule has 0 unspecified atom stereocenters. The number of thioether (sulfide) groups is 1. The summed E-state index contributed by atoms with van der Waals surface area (Å²) in [6.07, 6.45) is 1.09. The second-order valence-electron chi connectivity index (χ2n) is 8.88. The van der Waals surface area contributed by atoms with Crippen LogP contribution < -0.4 is 14.8 Å². The van der Waals surface area contributed by atoms with Crippen LogP contribution >= 0.6 is 11.8 Å². The minimum Gasteiger partial charge on any atom is -0.493 e. The van der Waals surface area contributed by atoms with Crippen molar-refractivity contribution in [3.63, 3.8) is 0 Å². The van der Waals surface area contributed by atoms with Gasteiger partial charge in [-0.2, -0.15) is 11.8 Å². The van der Waals surface area contributed by atoms with Gasteiger partial charge in [0.25, 0.3) is 0 Å². The molecule has 1 aliphatic heterocycles. The Bertz CT molecular complexity index is 1190. The Labute approximate surface area is 217 Å². The summed E-state index contributed by atoms with van der Waals surface area (Å²) in [5.74, 6) is 2.00. The van der Waals surface area contributed by atoms with Gasteiger partial charge in [0.05, 0.1) is 19.8 Å². The SMILES string of the molecule is CCSCCOC(=O)C1=C(C)NC2=C(C(=O)C[C@@H](c3ccccc3)C2)[C@H]1c1ccc(OC)c(OC)c1. The van der Waals surface area contributed by atoms with E-state index in [0.29, 0.717) is 47.8 Å². The Hall–Kier alpha value is -3.19. The molecule has 1 aliphatic carbocycles. The van der Waals surface area contributed by atoms with Crippen LogP contribution in [0.1, 0.15) is 49.7 Å². The molecule has 6 nitrogen and oxygen atoms in total. The minimum absolute atomic E-state index is 0.0386. The number of dihydropyridines is 1. The van der Waals surface area contributed by atoms with Crippen LogP contribution in [-0.4, -0.2) is 44.1 Å². The van der Waals surface area contributed by atoms with Gasteiger partial charge in [-0.3, -0.25) is 4.79 Å². The monoisotopic (exact) mass is 507 g/mol. The summed E-state index contributed by atoms with van der Waals surface area (Å²) in [5.41, 5.74) is 4.62. The summed E-state index contributed by atoms with van der Waals surface area (Å²) < 4.78 is 16.6. The van der Waals surface area contributed by atoms with Crippen LogP contribution in [0.2, 0.25) is 0 Å². The van der Waals surface area contributed by atoms with E-state index in [2.05, 4.69) is 24.4 Å². The molecular weight excluding hydrogens is 474 g/mol. The molecular formula is C29H33NO5S. The molecule has 0 saturated carbocycles. The fourth-order valence-electron chi connectivity index (χ4n) is 5.05. The first-order valence-electron chi connectivity index (χ1n) is 12.2. The van der Waals surface area contributed by atoms with Crippen molar-refractivity contribution in [3.05, 3.63) is 82.2 Å². The molecule has 1 heterocycles. The molecule has 190 valence electrons. The van der Waals surface area contributed by atoms with Crippen LogP contribution in [0.4, 0.5) is 0 Å². The number of hydrogen-bond acceptors (Lipinski definition) is 7. The molecule has 0 saturated heterocycles. The van der Waals surface area contributed by atoms with Crippen molar-refractivity contribution < 1.29 is 23.8 Å². The highest BCUT2D eigenvalue weighted by Crippen LogP contribution is 2.47. The summed E-state index contributed by atoms with van der Waals surface area (Å²) in [6.45, 7) is 4.27. The standard InChI is InChI=1S/C29H33NO5S/c1-5-36-14-13-35-29(32)26-18(2)30-22-15-21(19-9-7-6-8-10-19)16-23(31)28(22)27(26)20-11-12-24(33-3)25(17-20)34-4/h6-12,17,21,27,30H,5,13-16H2,1-4H3/t21-,27-/m0/s1. The van der Waals surface area contributed by atoms with E-state index in [1.54, 1.807) is 26.0 Å². The average molecular weight is 508 g/mol. The van der Waals surface area contributed by atoms with Gasteiger partial charge in [-0.15, -0.1) is 0 Å². The Balaban J connectivity index is 1.76. The van der Waals surface area contributed by atoms with E-state index in [1.807, 2.05) is 43.3 Å². The predicted octanol–water partition coefficient (Wildman–Crippen LogP) is 5.36. The van der Waals surface area contributed by atoms with Gasteiger partial charge >= 0.3 is 5.97 Å². The largest absolute Gasteiger partial charge is 0.493 e. The predicted molar refractivity (Wildman–Crippen MR) is 143 cm³/mol. The highest BCUT2D eigenvalue weighted by atomic mass is 32.2. The third-order valence-electron chi connectivity index (χ3n) is 6.72. The number of hydrogen-bond donors (Lipinski definition) is 1. The van der Waals surface area contributed by atoms with Crippen molar-refractivity contribution in [2.24, 2.45) is 0 Å². The van der Waals surface area contributed by atoms with Gasteiger partial charge in [0, 0.05) is 35.1 Å². The zero-order valence-electron chi connectivity index (χ0n) is 21.3. The number of rotatable bonds is 9. The normalized spacial score (nSPS) is 19.5. The lowest BCUT2D eigenvalue weighted by Crippen LogP contribution is -2.36. The van der Waals surface area contributed by atoms with Gasteiger partial charge in [0.2, 0.25) is 0 Å². The number of esters is 1. The molecule has 1 N–H and O–H groups in total. The van der Waals surface area contributed by atoms with Crippen LogP contribution in [0.15, 0.2) is 71.1 Å². The number of ether oxygens (including phenoxy) is 3. The zero-order chi connectivity index (χ0) is 25.7. The molecule has 0 spiro atoms. The molecule has 2 atom stereocenters. The van der Waals surface area contributed by atoms with Crippen molar-refractivity contribution in [3.8, 4) is 11.5 Å². The second kappa shape index (κ2) is 11.7. The van der Waals surface area contributed by atoms with Gasteiger partial charge in [0.15, 0.2) is 17.3 Å². The fourth-order valence-corrected chi connectivity index (χ4v) is 5.54. The quantitative estimate of drug-likeness (QED) is 0.362. The molecule has 4 rings (SSSR count). The minimum atomic E-state index is -0.545. The van der Waals surface area contributed by atoms with Gasteiger partial charge < -0.3 is 19.5 Å². The van der Waals surface area contributed by atoms with Gasteiger partial charge in [0.1, 0.15) is 6.61 Å². The van der Waals surface area contributed by atoms with Crippen LogP contribution in [0, 0.1) is 0 Å². The Morgan fingerprint density at radius 3 is 2.47 bits per heavy atom. The Morgan fingerprint density at radius 2 is 1.78 bits per heavy atom. The van der Waals surface area contributed by atoms with E-state index < -0.39 is 11.9 Å². The topological polar surface area (TPSA) is 73.9 Å². The summed E-state index contributed by atoms with van der Waals surface area (Å²) in [5, 5.41) is 3.41. The molecule has 0 aromatic heterocycles. The van der Waals surface area contributed by atoms with E-state index in [9.17, 15) is 9.59 Å². The molecule has 36 heavy (non-hydrogen) atoms. The van der Waals surface area contributed by atoms with Crippen LogP contribution in [0.5, 0.6) is 11.5 Å². The van der Waals surface area contributed by atoms with Crippen molar-refractivity contribution in [1.82, 2.24) is 5.32 Å². The van der Waals surface area contributed by atoms with Gasteiger partial charge in [-0.05, 0) is 48.3 Å². The first-order chi connectivity index (χ1) is 17.5. The van der Waals surface area contributed by atoms with E-state index >= 15 is 0 Å². The van der Waals surface area contributed by atoms with Gasteiger partial charge in [-0.1, -0.05) is 43.3 Å². The lowest BCUT2D eigenvalue weighted by Gasteiger charge is -2.36. The maximum atomic E-state index is 13.7. The van der Waals surface area contributed by atoms with Crippen LogP contribution in [0.25, 0.3) is 0 Å². The summed E-state index contributed by atoms with van der Waals surface area (Å²) in [6, 6.07) is 15.7. The zero-order valence-corrected chi connectivity index (χ0v) is 22.1. The van der Waals surface area contributed by atoms with Crippen LogP contribution in [0.3, 0.4) is 0 Å². The lowest BCUT2D eigenvalue weighted by molar-refractivity contribution is -0.138. The molecule has 2 aliphatic rings. The molecule has 0 radical (unpaired) electrons. The number of ketones is 1. The van der Waals surface area contributed by atoms with Crippen molar-refractivity contribution in [2.45, 2.75) is 38.5 Å². The summed E-state index contributed by atoms with van der Waals surface area (Å²) >= 11 is 1.72. The third kappa shape index (κ3) is 5.31. The van der Waals surface area contributed by atoms with E-state index in [-0.39, 0.29) is 11.7 Å². The van der Waals surface area contributed by atoms with Crippen LogP contribution in [-0.2, 0) is 14.3 Å². The number of Topliss-reactive ketones (excluding diaryl/α,β-unsaturated/α-hetero) is 1. The maximum absolute atomic E-state index is 13.7. The number of benzene rings is 2. The highest BCUT2D eigenvalue weighted by Gasteiger charge is 2.41. The highest BCUT2D eigenvalue weighted by molar-refractivity contribution is 7.99. The second-order valence-corrected chi connectivity index (χ2v) is 10.3. The average Bonchev–Trinajstić information content (AvgIpc) is 2.90. The number of nitrogens with one attached hydrogen (secondary N) is 1. The maximum Gasteiger partial charge on any atom is 0.336 e. The number of methoxy groups -OCH3 is 2. The summed E-state index contributed by atoms with van der Waals surface area (Å²) in [7, 11) is 3.16.